The first-order valence-electron chi connectivity index (χ1n) is 10.1. The van der Waals surface area contributed by atoms with Crippen LogP contribution in [-0.2, 0) is 27.7 Å². The molecule has 4 rings (SSSR count). The van der Waals surface area contributed by atoms with Crippen LogP contribution in [0.3, 0.4) is 0 Å². The topological polar surface area (TPSA) is 75.7 Å². The number of methoxy groups -OCH3 is 1. The van der Waals surface area contributed by atoms with Gasteiger partial charge in [-0.2, -0.15) is 0 Å². The van der Waals surface area contributed by atoms with E-state index in [1.807, 2.05) is 36.4 Å². The highest BCUT2D eigenvalue weighted by molar-refractivity contribution is 7.92. The molecule has 160 valence electrons. The fraction of sp³-hybridized carbons (Fsp3) is 0.208. The zero-order chi connectivity index (χ0) is 21.8. The van der Waals surface area contributed by atoms with Crippen LogP contribution < -0.4 is 14.4 Å². The van der Waals surface area contributed by atoms with Crippen molar-refractivity contribution in [1.29, 1.82) is 0 Å². The number of ether oxygens (including phenoxy) is 1. The summed E-state index contributed by atoms with van der Waals surface area (Å²) in [7, 11) is -2.07. The van der Waals surface area contributed by atoms with Crippen molar-refractivity contribution in [3.05, 3.63) is 83.9 Å². The predicted molar refractivity (Wildman–Crippen MR) is 121 cm³/mol. The van der Waals surface area contributed by atoms with Gasteiger partial charge in [-0.05, 0) is 60.4 Å². The van der Waals surface area contributed by atoms with Gasteiger partial charge in [0.25, 0.3) is 10.0 Å². The number of amides is 1. The van der Waals surface area contributed by atoms with Crippen molar-refractivity contribution >= 4 is 27.3 Å². The maximum Gasteiger partial charge on any atom is 0.264 e. The monoisotopic (exact) mass is 436 g/mol. The van der Waals surface area contributed by atoms with Crippen molar-refractivity contribution in [2.75, 3.05) is 23.3 Å². The fourth-order valence-corrected chi connectivity index (χ4v) is 5.28. The summed E-state index contributed by atoms with van der Waals surface area (Å²) >= 11 is 0. The van der Waals surface area contributed by atoms with E-state index in [0.29, 0.717) is 17.9 Å². The second-order valence-corrected chi connectivity index (χ2v) is 9.27. The Balaban J connectivity index is 1.55. The fourth-order valence-electron chi connectivity index (χ4n) is 3.72. The first-order valence-corrected chi connectivity index (χ1v) is 11.5. The Morgan fingerprint density at radius 1 is 1.03 bits per heavy atom. The molecule has 3 aromatic carbocycles. The number of anilines is 2. The average molecular weight is 437 g/mol. The molecular weight excluding hydrogens is 412 g/mol. The first-order chi connectivity index (χ1) is 15.0. The minimum absolute atomic E-state index is 0.168. The van der Waals surface area contributed by atoms with Gasteiger partial charge in [0.1, 0.15) is 5.75 Å². The normalized spacial score (nSPS) is 13.4. The molecule has 31 heavy (non-hydrogen) atoms. The van der Waals surface area contributed by atoms with Crippen LogP contribution in [-0.4, -0.2) is 28.0 Å². The van der Waals surface area contributed by atoms with Crippen LogP contribution in [0.25, 0.3) is 0 Å². The number of hydrogen-bond acceptors (Lipinski definition) is 4. The van der Waals surface area contributed by atoms with Gasteiger partial charge >= 0.3 is 0 Å². The molecule has 0 radical (unpaired) electrons. The lowest BCUT2D eigenvalue weighted by atomic mass is 10.0. The number of fused-ring (bicyclic) bond motifs is 1. The maximum absolute atomic E-state index is 13.2. The summed E-state index contributed by atoms with van der Waals surface area (Å²) in [5.74, 6) is 0.567. The molecule has 0 saturated heterocycles. The average Bonchev–Trinajstić information content (AvgIpc) is 2.79. The zero-order valence-electron chi connectivity index (χ0n) is 17.2. The molecular formula is C24H24N2O4S. The van der Waals surface area contributed by atoms with Gasteiger partial charge in [-0.15, -0.1) is 0 Å². The Morgan fingerprint density at radius 2 is 1.77 bits per heavy atom. The molecule has 0 unspecified atom stereocenters. The number of carbonyl (C=O) groups is 1. The molecule has 1 aliphatic heterocycles. The number of hydrogen-bond donors (Lipinski definition) is 1. The van der Waals surface area contributed by atoms with E-state index in [2.05, 4.69) is 5.32 Å². The number of aryl methyl sites for hydroxylation is 1. The van der Waals surface area contributed by atoms with Gasteiger partial charge in [-0.3, -0.25) is 9.10 Å². The summed E-state index contributed by atoms with van der Waals surface area (Å²) in [6, 6.07) is 21.2. The van der Waals surface area contributed by atoms with E-state index < -0.39 is 10.0 Å². The standard InChI is InChI=1S/C24H24N2O4S/c1-30-21-13-9-18(10-14-21)16-24(27)25-20-12-11-19-6-5-15-26(23(19)17-20)31(28,29)22-7-3-2-4-8-22/h2-4,7-14,17H,5-6,15-16H2,1H3,(H,25,27). The lowest BCUT2D eigenvalue weighted by Gasteiger charge is -2.31. The van der Waals surface area contributed by atoms with Gasteiger partial charge in [-0.25, -0.2) is 8.42 Å². The van der Waals surface area contributed by atoms with Crippen molar-refractivity contribution in [2.24, 2.45) is 0 Å². The summed E-state index contributed by atoms with van der Waals surface area (Å²) in [5, 5.41) is 2.89. The number of nitrogens with one attached hydrogen (secondary N) is 1. The Kier molecular flexibility index (Phi) is 5.95. The van der Waals surface area contributed by atoms with Gasteiger partial charge in [0.05, 0.1) is 24.1 Å². The molecule has 6 nitrogen and oxygen atoms in total. The molecule has 0 spiro atoms. The van der Waals surface area contributed by atoms with Gasteiger partial charge in [0.2, 0.25) is 5.91 Å². The second kappa shape index (κ2) is 8.81. The third kappa shape index (κ3) is 4.56. The molecule has 1 amide bonds. The maximum atomic E-state index is 13.2. The Labute approximate surface area is 182 Å². The van der Waals surface area contributed by atoms with E-state index in [4.69, 9.17) is 4.74 Å². The Hall–Kier alpha value is -3.32. The van der Waals surface area contributed by atoms with E-state index in [-0.39, 0.29) is 17.2 Å². The Bertz CT molecular complexity index is 1180. The van der Waals surface area contributed by atoms with Crippen LogP contribution in [0.4, 0.5) is 11.4 Å². The molecule has 0 saturated carbocycles. The van der Waals surface area contributed by atoms with Crippen LogP contribution in [0.1, 0.15) is 17.5 Å². The molecule has 1 N–H and O–H groups in total. The number of nitrogens with zero attached hydrogens (tertiary/aromatic N) is 1. The summed E-state index contributed by atoms with van der Waals surface area (Å²) in [4.78, 5) is 12.8. The van der Waals surface area contributed by atoms with Gasteiger partial charge in [0, 0.05) is 12.2 Å². The minimum atomic E-state index is -3.67. The highest BCUT2D eigenvalue weighted by Crippen LogP contribution is 2.34. The molecule has 0 aliphatic carbocycles. The molecule has 3 aromatic rings. The SMILES string of the molecule is COc1ccc(CC(=O)Nc2ccc3c(c2)N(S(=O)(=O)c2ccccc2)CCC3)cc1. The largest absolute Gasteiger partial charge is 0.497 e. The van der Waals surface area contributed by atoms with E-state index in [9.17, 15) is 13.2 Å². The number of benzene rings is 3. The Morgan fingerprint density at radius 3 is 2.48 bits per heavy atom. The third-order valence-corrected chi connectivity index (χ3v) is 7.13. The van der Waals surface area contributed by atoms with Crippen molar-refractivity contribution in [3.63, 3.8) is 0 Å². The summed E-state index contributed by atoms with van der Waals surface area (Å²) in [6.07, 6.45) is 1.77. The van der Waals surface area contributed by atoms with Gasteiger partial charge < -0.3 is 10.1 Å². The summed E-state index contributed by atoms with van der Waals surface area (Å²) in [6.45, 7) is 0.410. The van der Waals surface area contributed by atoms with Crippen molar-refractivity contribution in [2.45, 2.75) is 24.2 Å². The van der Waals surface area contributed by atoms with E-state index in [1.165, 1.54) is 4.31 Å². The van der Waals surface area contributed by atoms with Crippen LogP contribution >= 0.6 is 0 Å². The van der Waals surface area contributed by atoms with Gasteiger partial charge in [0.15, 0.2) is 0 Å². The van der Waals surface area contributed by atoms with E-state index in [1.54, 1.807) is 43.5 Å². The second-order valence-electron chi connectivity index (χ2n) is 7.41. The number of sulfonamides is 1. The lowest BCUT2D eigenvalue weighted by molar-refractivity contribution is -0.115. The molecule has 1 heterocycles. The van der Waals surface area contributed by atoms with Crippen LogP contribution in [0.15, 0.2) is 77.7 Å². The zero-order valence-corrected chi connectivity index (χ0v) is 18.1. The highest BCUT2D eigenvalue weighted by Gasteiger charge is 2.29. The van der Waals surface area contributed by atoms with Crippen molar-refractivity contribution in [1.82, 2.24) is 0 Å². The lowest BCUT2D eigenvalue weighted by Crippen LogP contribution is -2.35. The first kappa shape index (κ1) is 20.9. The molecule has 1 aliphatic rings. The summed E-state index contributed by atoms with van der Waals surface area (Å²) < 4.78 is 33.0. The molecule has 0 fully saturated rings. The molecule has 0 aromatic heterocycles. The molecule has 0 bridgehead atoms. The van der Waals surface area contributed by atoms with E-state index >= 15 is 0 Å². The van der Waals surface area contributed by atoms with Crippen LogP contribution in [0, 0.1) is 0 Å². The third-order valence-electron chi connectivity index (χ3n) is 5.30. The minimum Gasteiger partial charge on any atom is -0.497 e. The van der Waals surface area contributed by atoms with Crippen LogP contribution in [0.2, 0.25) is 0 Å². The van der Waals surface area contributed by atoms with Crippen molar-refractivity contribution in [3.8, 4) is 5.75 Å². The predicted octanol–water partition coefficient (Wildman–Crippen LogP) is 4.02. The van der Waals surface area contributed by atoms with E-state index in [0.717, 1.165) is 29.7 Å². The molecule has 0 atom stereocenters. The van der Waals surface area contributed by atoms with Crippen molar-refractivity contribution < 1.29 is 17.9 Å². The smallest absolute Gasteiger partial charge is 0.264 e. The quantitative estimate of drug-likeness (QED) is 0.633. The number of rotatable bonds is 6. The molecule has 7 heteroatoms. The highest BCUT2D eigenvalue weighted by atomic mass is 32.2. The van der Waals surface area contributed by atoms with Gasteiger partial charge in [-0.1, -0.05) is 36.4 Å². The number of carbonyl (C=O) groups excluding carboxylic acids is 1. The summed E-state index contributed by atoms with van der Waals surface area (Å²) in [5.41, 5.74) is 3.02. The van der Waals surface area contributed by atoms with Crippen LogP contribution in [0.5, 0.6) is 5.75 Å².